The maximum atomic E-state index is 12.0. The van der Waals surface area contributed by atoms with Crippen LogP contribution in [0.25, 0.3) is 0 Å². The van der Waals surface area contributed by atoms with Crippen LogP contribution in [0, 0.1) is 6.92 Å². The molecule has 1 atom stereocenters. The Bertz CT molecular complexity index is 776. The van der Waals surface area contributed by atoms with Gasteiger partial charge >= 0.3 is 0 Å². The maximum Gasteiger partial charge on any atom is 0.287 e. The molecule has 0 spiro atoms. The van der Waals surface area contributed by atoms with Crippen LogP contribution in [0.4, 0.5) is 0 Å². The fourth-order valence-electron chi connectivity index (χ4n) is 3.46. The van der Waals surface area contributed by atoms with Gasteiger partial charge in [0.05, 0.1) is 6.26 Å². The minimum atomic E-state index is -0.160. The largest absolute Gasteiger partial charge is 0.459 e. The predicted octanol–water partition coefficient (Wildman–Crippen LogP) is 3.39. The van der Waals surface area contributed by atoms with Gasteiger partial charge in [0.2, 0.25) is 0 Å². The zero-order chi connectivity index (χ0) is 19.1. The Hall–Kier alpha value is -2.03. The normalized spacial score (nSPS) is 16.6. The van der Waals surface area contributed by atoms with Gasteiger partial charge < -0.3 is 20.0 Å². The second-order valence-electron chi connectivity index (χ2n) is 6.86. The Kier molecular flexibility index (Phi) is 8.82. The zero-order valence-electron chi connectivity index (χ0n) is 16.5. The lowest BCUT2D eigenvalue weighted by Crippen LogP contribution is -2.41. The Morgan fingerprint density at radius 3 is 2.64 bits per heavy atom. The average Bonchev–Trinajstić information content (AvgIpc) is 3.34. The van der Waals surface area contributed by atoms with Crippen molar-refractivity contribution in [1.29, 1.82) is 0 Å². The first kappa shape index (κ1) is 22.3. The molecule has 152 valence electrons. The summed E-state index contributed by atoms with van der Waals surface area (Å²) in [7, 11) is 1.82. The number of halogens is 1. The first-order valence-electron chi connectivity index (χ1n) is 9.52. The van der Waals surface area contributed by atoms with Crippen molar-refractivity contribution >= 4 is 35.8 Å². The van der Waals surface area contributed by atoms with E-state index in [1.54, 1.807) is 6.07 Å². The number of carbonyl (C=O) groups is 1. The molecule has 1 aliphatic heterocycles. The SMILES string of the molecule is CN=C(NCCCNC(=O)c1occc1C)N1CCC(c2ccccc2)C1.I. The minimum absolute atomic E-state index is 0. The summed E-state index contributed by atoms with van der Waals surface area (Å²) in [4.78, 5) is 18.7. The van der Waals surface area contributed by atoms with E-state index in [-0.39, 0.29) is 29.9 Å². The number of amides is 1. The van der Waals surface area contributed by atoms with Crippen molar-refractivity contribution in [3.05, 3.63) is 59.5 Å². The Labute approximate surface area is 183 Å². The lowest BCUT2D eigenvalue weighted by molar-refractivity contribution is 0.0925. The second-order valence-corrected chi connectivity index (χ2v) is 6.86. The number of nitrogens with one attached hydrogen (secondary N) is 2. The number of benzene rings is 1. The quantitative estimate of drug-likeness (QED) is 0.279. The van der Waals surface area contributed by atoms with Crippen LogP contribution >= 0.6 is 24.0 Å². The van der Waals surface area contributed by atoms with Crippen LogP contribution < -0.4 is 10.6 Å². The van der Waals surface area contributed by atoms with E-state index in [1.807, 2.05) is 14.0 Å². The van der Waals surface area contributed by atoms with Gasteiger partial charge in [-0.05, 0) is 31.4 Å². The summed E-state index contributed by atoms with van der Waals surface area (Å²) in [5.74, 6) is 1.72. The van der Waals surface area contributed by atoms with Gasteiger partial charge in [-0.3, -0.25) is 9.79 Å². The fourth-order valence-corrected chi connectivity index (χ4v) is 3.46. The first-order chi connectivity index (χ1) is 13.2. The molecule has 6 nitrogen and oxygen atoms in total. The molecule has 1 aromatic carbocycles. The van der Waals surface area contributed by atoms with Crippen molar-refractivity contribution in [2.75, 3.05) is 33.2 Å². The highest BCUT2D eigenvalue weighted by Crippen LogP contribution is 2.26. The second kappa shape index (κ2) is 11.1. The van der Waals surface area contributed by atoms with Crippen LogP contribution in [0.3, 0.4) is 0 Å². The van der Waals surface area contributed by atoms with Crippen molar-refractivity contribution in [3.63, 3.8) is 0 Å². The van der Waals surface area contributed by atoms with Gasteiger partial charge in [0.25, 0.3) is 5.91 Å². The molecule has 2 N–H and O–H groups in total. The van der Waals surface area contributed by atoms with Crippen LogP contribution in [0.2, 0.25) is 0 Å². The van der Waals surface area contributed by atoms with Crippen LogP contribution in [0.5, 0.6) is 0 Å². The molecule has 0 saturated carbocycles. The smallest absolute Gasteiger partial charge is 0.287 e. The molecule has 1 saturated heterocycles. The summed E-state index contributed by atoms with van der Waals surface area (Å²) in [6.07, 6.45) is 3.50. The van der Waals surface area contributed by atoms with Crippen LogP contribution in [-0.2, 0) is 0 Å². The highest BCUT2D eigenvalue weighted by Gasteiger charge is 2.25. The molecule has 0 aliphatic carbocycles. The molecule has 1 fully saturated rings. The van der Waals surface area contributed by atoms with Crippen LogP contribution in [0.15, 0.2) is 52.1 Å². The molecule has 1 aromatic heterocycles. The van der Waals surface area contributed by atoms with Crippen molar-refractivity contribution < 1.29 is 9.21 Å². The van der Waals surface area contributed by atoms with E-state index in [2.05, 4.69) is 50.9 Å². The van der Waals surface area contributed by atoms with Crippen molar-refractivity contribution in [2.45, 2.75) is 25.7 Å². The highest BCUT2D eigenvalue weighted by molar-refractivity contribution is 14.0. The maximum absolute atomic E-state index is 12.0. The summed E-state index contributed by atoms with van der Waals surface area (Å²) < 4.78 is 5.20. The number of aryl methyl sites for hydroxylation is 1. The van der Waals surface area contributed by atoms with Gasteiger partial charge in [0, 0.05) is 44.7 Å². The lowest BCUT2D eigenvalue weighted by Gasteiger charge is -2.22. The number of likely N-dealkylation sites (tertiary alicyclic amines) is 1. The van der Waals surface area contributed by atoms with E-state index in [4.69, 9.17) is 4.42 Å². The van der Waals surface area contributed by atoms with E-state index >= 15 is 0 Å². The van der Waals surface area contributed by atoms with E-state index in [9.17, 15) is 4.79 Å². The van der Waals surface area contributed by atoms with Crippen LogP contribution in [0.1, 0.15) is 40.4 Å². The number of hydrogen-bond donors (Lipinski definition) is 2. The third kappa shape index (κ3) is 5.73. The number of carbonyl (C=O) groups excluding carboxylic acids is 1. The number of hydrogen-bond acceptors (Lipinski definition) is 3. The highest BCUT2D eigenvalue weighted by atomic mass is 127. The van der Waals surface area contributed by atoms with E-state index in [0.717, 1.165) is 44.0 Å². The lowest BCUT2D eigenvalue weighted by atomic mass is 9.99. The molecular formula is C21H29IN4O2. The first-order valence-corrected chi connectivity index (χ1v) is 9.52. The summed E-state index contributed by atoms with van der Waals surface area (Å²) >= 11 is 0. The summed E-state index contributed by atoms with van der Waals surface area (Å²) in [6.45, 7) is 5.21. The molecule has 3 rings (SSSR count). The summed E-state index contributed by atoms with van der Waals surface area (Å²) in [5, 5.41) is 6.29. The third-order valence-electron chi connectivity index (χ3n) is 4.96. The molecule has 2 heterocycles. The molecule has 0 radical (unpaired) electrons. The van der Waals surface area contributed by atoms with Crippen molar-refractivity contribution in [2.24, 2.45) is 4.99 Å². The van der Waals surface area contributed by atoms with E-state index < -0.39 is 0 Å². The van der Waals surface area contributed by atoms with Gasteiger partial charge in [0.1, 0.15) is 0 Å². The number of aliphatic imine (C=N–C) groups is 1. The number of rotatable bonds is 6. The molecule has 7 heteroatoms. The molecule has 0 bridgehead atoms. The Morgan fingerprint density at radius 1 is 1.21 bits per heavy atom. The molecule has 28 heavy (non-hydrogen) atoms. The molecular weight excluding hydrogens is 467 g/mol. The van der Waals surface area contributed by atoms with Gasteiger partial charge in [-0.1, -0.05) is 30.3 Å². The number of guanidine groups is 1. The number of furan rings is 1. The molecule has 1 amide bonds. The van der Waals surface area contributed by atoms with Crippen molar-refractivity contribution in [3.8, 4) is 0 Å². The number of nitrogens with zero attached hydrogens (tertiary/aromatic N) is 2. The molecule has 1 aliphatic rings. The molecule has 2 aromatic rings. The standard InChI is InChI=1S/C21H28N4O2.HI/c1-16-10-14-27-19(16)20(26)23-11-6-12-24-21(22-2)25-13-9-18(15-25)17-7-4-3-5-8-17;/h3-5,7-8,10,14,18H,6,9,11-13,15H2,1-2H3,(H,22,24)(H,23,26);1H. The zero-order valence-corrected chi connectivity index (χ0v) is 18.8. The molecule has 1 unspecified atom stereocenters. The fraction of sp³-hybridized carbons (Fsp3) is 0.429. The Morgan fingerprint density at radius 2 is 1.96 bits per heavy atom. The monoisotopic (exact) mass is 496 g/mol. The third-order valence-corrected chi connectivity index (χ3v) is 4.96. The minimum Gasteiger partial charge on any atom is -0.459 e. The summed E-state index contributed by atoms with van der Waals surface area (Å²) in [5.41, 5.74) is 2.25. The van der Waals surface area contributed by atoms with E-state index in [0.29, 0.717) is 18.2 Å². The van der Waals surface area contributed by atoms with Crippen molar-refractivity contribution in [1.82, 2.24) is 15.5 Å². The van der Waals surface area contributed by atoms with Gasteiger partial charge in [-0.15, -0.1) is 24.0 Å². The van der Waals surface area contributed by atoms with Gasteiger partial charge in [-0.2, -0.15) is 0 Å². The summed E-state index contributed by atoms with van der Waals surface area (Å²) in [6, 6.07) is 12.5. The van der Waals surface area contributed by atoms with Gasteiger partial charge in [0.15, 0.2) is 11.7 Å². The van der Waals surface area contributed by atoms with E-state index in [1.165, 1.54) is 11.8 Å². The van der Waals surface area contributed by atoms with Gasteiger partial charge in [-0.25, -0.2) is 0 Å². The predicted molar refractivity (Wildman–Crippen MR) is 123 cm³/mol. The topological polar surface area (TPSA) is 69.9 Å². The Balaban J connectivity index is 0.00000280. The average molecular weight is 496 g/mol. The van der Waals surface area contributed by atoms with Crippen LogP contribution in [-0.4, -0.2) is 50.0 Å².